The molecule has 1 N–H and O–H groups in total. The molecule has 0 saturated carbocycles. The predicted octanol–water partition coefficient (Wildman–Crippen LogP) is 6.12. The average Bonchev–Trinajstić information content (AvgIpc) is 3.26. The molecule has 5 rings (SSSR count). The molecule has 4 aromatic rings. The number of ether oxygens (including phenoxy) is 1. The van der Waals surface area contributed by atoms with Crippen molar-refractivity contribution in [2.75, 3.05) is 6.61 Å². The van der Waals surface area contributed by atoms with Gasteiger partial charge in [-0.3, -0.25) is 9.83 Å². The molecule has 1 aliphatic heterocycles. The van der Waals surface area contributed by atoms with Gasteiger partial charge in [-0.25, -0.2) is 14.4 Å². The molecule has 0 unspecified atom stereocenters. The Labute approximate surface area is 203 Å². The number of fused-ring (bicyclic) bond motifs is 1. The number of amidine groups is 1. The van der Waals surface area contributed by atoms with Crippen molar-refractivity contribution in [3.05, 3.63) is 92.8 Å². The van der Waals surface area contributed by atoms with Crippen LogP contribution in [0.25, 0.3) is 5.52 Å². The molecule has 1 aliphatic rings. The van der Waals surface area contributed by atoms with Crippen molar-refractivity contribution in [1.82, 2.24) is 15.1 Å². The molecule has 3 heterocycles. The summed E-state index contributed by atoms with van der Waals surface area (Å²) in [6.07, 6.45) is 2.30. The number of rotatable bonds is 5. The zero-order valence-corrected chi connectivity index (χ0v) is 19.2. The Hall–Kier alpha value is -2.84. The first-order valence-corrected chi connectivity index (χ1v) is 11.1. The Morgan fingerprint density at radius 3 is 2.82 bits per heavy atom. The molecule has 0 fully saturated rings. The van der Waals surface area contributed by atoms with Crippen LogP contribution in [0.15, 0.2) is 65.8 Å². The molecule has 10 heteroatoms. The highest BCUT2D eigenvalue weighted by Crippen LogP contribution is 2.31. The molecule has 0 amide bonds. The summed E-state index contributed by atoms with van der Waals surface area (Å²) in [7, 11) is 0. The minimum absolute atomic E-state index is 0.0486. The van der Waals surface area contributed by atoms with Crippen LogP contribution in [0.4, 0.5) is 4.39 Å². The third-order valence-electron chi connectivity index (χ3n) is 5.08. The smallest absolute Gasteiger partial charge is 0.248 e. The summed E-state index contributed by atoms with van der Waals surface area (Å²) in [5.74, 6) is -0.181. The van der Waals surface area contributed by atoms with Crippen LogP contribution in [-0.2, 0) is 11.3 Å². The second kappa shape index (κ2) is 9.19. The van der Waals surface area contributed by atoms with Crippen LogP contribution in [0.3, 0.4) is 0 Å². The van der Waals surface area contributed by atoms with E-state index in [4.69, 9.17) is 49.4 Å². The molecule has 0 saturated heterocycles. The number of nitrogens with zero attached hydrogens (tertiary/aromatic N) is 3. The minimum atomic E-state index is -0.676. The minimum Gasteiger partial charge on any atom is -0.434 e. The average molecular weight is 506 g/mol. The van der Waals surface area contributed by atoms with Gasteiger partial charge in [0.1, 0.15) is 0 Å². The normalized spacial score (nSPS) is 15.9. The Kier molecular flexibility index (Phi) is 6.12. The van der Waals surface area contributed by atoms with E-state index in [0.717, 1.165) is 11.1 Å². The lowest BCUT2D eigenvalue weighted by Crippen LogP contribution is -2.37. The van der Waals surface area contributed by atoms with Crippen LogP contribution in [0.2, 0.25) is 15.1 Å². The van der Waals surface area contributed by atoms with Gasteiger partial charge in [0.05, 0.1) is 28.8 Å². The highest BCUT2D eigenvalue weighted by molar-refractivity contribution is 6.35. The van der Waals surface area contributed by atoms with Crippen molar-refractivity contribution in [3.63, 3.8) is 0 Å². The molecule has 0 bridgehead atoms. The van der Waals surface area contributed by atoms with Crippen molar-refractivity contribution >= 4 is 46.2 Å². The largest absolute Gasteiger partial charge is 0.434 e. The number of aromatic nitrogens is 2. The fraction of sp³-hybridized carbons (Fsp3) is 0.130. The second-order valence-electron chi connectivity index (χ2n) is 7.38. The molecule has 6 nitrogen and oxygen atoms in total. The fourth-order valence-electron chi connectivity index (χ4n) is 3.49. The molecule has 33 heavy (non-hydrogen) atoms. The molecule has 2 aromatic carbocycles. The van der Waals surface area contributed by atoms with Gasteiger partial charge < -0.3 is 4.74 Å². The van der Waals surface area contributed by atoms with E-state index in [-0.39, 0.29) is 22.7 Å². The quantitative estimate of drug-likeness (QED) is 0.355. The number of hydrogen-bond acceptors (Lipinski definition) is 5. The van der Waals surface area contributed by atoms with Crippen molar-refractivity contribution < 1.29 is 14.0 Å². The summed E-state index contributed by atoms with van der Waals surface area (Å²) in [4.78, 5) is 10.4. The fourth-order valence-corrected chi connectivity index (χ4v) is 4.14. The number of benzene rings is 2. The highest BCUT2D eigenvalue weighted by Gasteiger charge is 2.23. The summed E-state index contributed by atoms with van der Waals surface area (Å²) in [5.41, 5.74) is 5.04. The lowest BCUT2D eigenvalue weighted by Gasteiger charge is -2.23. The number of hydroxylamine groups is 1. The van der Waals surface area contributed by atoms with Gasteiger partial charge >= 0.3 is 0 Å². The molecule has 168 valence electrons. The van der Waals surface area contributed by atoms with Crippen LogP contribution in [0.1, 0.15) is 11.1 Å². The number of halogens is 4. The Morgan fingerprint density at radius 1 is 1.09 bits per heavy atom. The highest BCUT2D eigenvalue weighted by atomic mass is 35.5. The third kappa shape index (κ3) is 4.63. The zero-order valence-electron chi connectivity index (χ0n) is 16.9. The van der Waals surface area contributed by atoms with E-state index >= 15 is 0 Å². The van der Waals surface area contributed by atoms with Gasteiger partial charge in [0.15, 0.2) is 17.4 Å². The molecule has 0 aliphatic carbocycles. The van der Waals surface area contributed by atoms with Gasteiger partial charge in [0.2, 0.25) is 5.88 Å². The molecular weight excluding hydrogens is 490 g/mol. The first-order valence-electron chi connectivity index (χ1n) is 9.98. The Balaban J connectivity index is 1.52. The van der Waals surface area contributed by atoms with Gasteiger partial charge in [-0.1, -0.05) is 46.9 Å². The van der Waals surface area contributed by atoms with E-state index in [1.54, 1.807) is 28.9 Å². The van der Waals surface area contributed by atoms with E-state index in [2.05, 4.69) is 10.6 Å². The summed E-state index contributed by atoms with van der Waals surface area (Å²) in [6, 6.07) is 15.2. The lowest BCUT2D eigenvalue weighted by molar-refractivity contribution is 0.0623. The maximum Gasteiger partial charge on any atom is 0.248 e. The molecule has 0 spiro atoms. The maximum absolute atomic E-state index is 14.5. The van der Waals surface area contributed by atoms with Crippen LogP contribution >= 0.6 is 34.8 Å². The van der Waals surface area contributed by atoms with Crippen LogP contribution in [0, 0.1) is 5.82 Å². The summed E-state index contributed by atoms with van der Waals surface area (Å²) in [6.45, 7) is 0.336. The van der Waals surface area contributed by atoms with Crippen LogP contribution in [-0.4, -0.2) is 28.1 Å². The first-order chi connectivity index (χ1) is 16.0. The standard InChI is InChI=1S/C23H16Cl3FN4O2/c24-14-7-6-13(19(26)10-14)9-15-12-32-30-22(28-15)17-11-16-3-2-8-31(16)29-23(17)33-20-5-1-4-18(25)21(20)27/h1-8,10-11,15H,9,12H2,(H,28,30)/t15-/m1/s1. The van der Waals surface area contributed by atoms with E-state index in [1.807, 2.05) is 24.3 Å². The second-order valence-corrected chi connectivity index (χ2v) is 8.63. The summed E-state index contributed by atoms with van der Waals surface area (Å²) in [5, 5.41) is 5.56. The number of aliphatic imine (C=N–C) groups is 1. The van der Waals surface area contributed by atoms with Gasteiger partial charge in [-0.05, 0) is 54.4 Å². The molecule has 0 radical (unpaired) electrons. The monoisotopic (exact) mass is 504 g/mol. The van der Waals surface area contributed by atoms with E-state index in [9.17, 15) is 4.39 Å². The topological polar surface area (TPSA) is 60.2 Å². The Bertz CT molecular complexity index is 1380. The van der Waals surface area contributed by atoms with Crippen molar-refractivity contribution in [3.8, 4) is 11.6 Å². The summed E-state index contributed by atoms with van der Waals surface area (Å²) < 4.78 is 22.0. The van der Waals surface area contributed by atoms with Crippen molar-refractivity contribution in [1.29, 1.82) is 0 Å². The van der Waals surface area contributed by atoms with Crippen molar-refractivity contribution in [2.24, 2.45) is 4.99 Å². The molecular formula is C23H16Cl3FN4O2. The van der Waals surface area contributed by atoms with E-state index in [1.165, 1.54) is 12.1 Å². The molecule has 1 atom stereocenters. The van der Waals surface area contributed by atoms with Gasteiger partial charge in [-0.15, -0.1) is 5.10 Å². The molecule has 2 aromatic heterocycles. The van der Waals surface area contributed by atoms with Gasteiger partial charge in [0.25, 0.3) is 0 Å². The van der Waals surface area contributed by atoms with Crippen LogP contribution < -0.4 is 10.2 Å². The zero-order chi connectivity index (χ0) is 22.9. The van der Waals surface area contributed by atoms with Crippen LogP contribution in [0.5, 0.6) is 11.6 Å². The van der Waals surface area contributed by atoms with E-state index < -0.39 is 5.82 Å². The first kappa shape index (κ1) is 22.0. The lowest BCUT2D eigenvalue weighted by atomic mass is 10.1. The van der Waals surface area contributed by atoms with Gasteiger partial charge in [-0.2, -0.15) is 0 Å². The number of hydrogen-bond donors (Lipinski definition) is 1. The SMILES string of the molecule is Fc1c(Cl)cccc1Oc1nn2cccc2cc1C1=N[C@H](Cc2ccc(Cl)cc2Cl)CON1. The maximum atomic E-state index is 14.5. The third-order valence-corrected chi connectivity index (χ3v) is 5.96. The van der Waals surface area contributed by atoms with E-state index in [0.29, 0.717) is 34.5 Å². The van der Waals surface area contributed by atoms with Crippen molar-refractivity contribution in [2.45, 2.75) is 12.5 Å². The number of nitrogens with one attached hydrogen (secondary N) is 1. The predicted molar refractivity (Wildman–Crippen MR) is 126 cm³/mol. The summed E-state index contributed by atoms with van der Waals surface area (Å²) >= 11 is 18.2. The Morgan fingerprint density at radius 2 is 1.97 bits per heavy atom. The van der Waals surface area contributed by atoms with Gasteiger partial charge in [0, 0.05) is 16.2 Å².